The summed E-state index contributed by atoms with van der Waals surface area (Å²) < 4.78 is 0. The molecule has 0 aromatic carbocycles. The largest absolute Gasteiger partial charge is 0.478 e. The molecule has 2 rings (SSSR count). The van der Waals surface area contributed by atoms with Gasteiger partial charge in [0.15, 0.2) is 0 Å². The third-order valence-corrected chi connectivity index (χ3v) is 4.75. The summed E-state index contributed by atoms with van der Waals surface area (Å²) in [6, 6.07) is 0. The number of hydrogen-bond donors (Lipinski definition) is 4. The van der Waals surface area contributed by atoms with E-state index in [4.69, 9.17) is 0 Å². The molecular formula is C21H20N4O14. The minimum Gasteiger partial charge on any atom is -0.478 e. The predicted molar refractivity (Wildman–Crippen MR) is 116 cm³/mol. The number of carbonyl (C=O) groups is 10. The van der Waals surface area contributed by atoms with Crippen LogP contribution in [0.25, 0.3) is 0 Å². The minimum atomic E-state index is -1.71. The fourth-order valence-corrected chi connectivity index (χ4v) is 2.91. The average Bonchev–Trinajstić information content (AvgIpc) is 3.33. The van der Waals surface area contributed by atoms with Crippen molar-refractivity contribution in [1.29, 1.82) is 0 Å². The molecule has 2 fully saturated rings. The number of carboxylic acids is 2. The molecule has 0 atom stereocenters. The molecule has 2 heterocycles. The molecule has 18 heteroatoms. The first-order chi connectivity index (χ1) is 18.3. The van der Waals surface area contributed by atoms with Gasteiger partial charge in [-0.3, -0.25) is 28.8 Å². The molecule has 18 nitrogen and oxygen atoms in total. The van der Waals surface area contributed by atoms with Gasteiger partial charge in [-0.25, -0.2) is 19.2 Å². The lowest BCUT2D eigenvalue weighted by molar-refractivity contribution is -0.197. The zero-order chi connectivity index (χ0) is 29.3. The zero-order valence-electron chi connectivity index (χ0n) is 19.8. The molecule has 2 aliphatic heterocycles. The molecule has 0 unspecified atom stereocenters. The Kier molecular flexibility index (Phi) is 10.1. The van der Waals surface area contributed by atoms with E-state index in [1.165, 1.54) is 0 Å². The van der Waals surface area contributed by atoms with Crippen LogP contribution < -0.4 is 10.6 Å². The highest BCUT2D eigenvalue weighted by Gasteiger charge is 2.34. The molecule has 0 spiro atoms. The molecule has 0 radical (unpaired) electrons. The molecule has 39 heavy (non-hydrogen) atoms. The van der Waals surface area contributed by atoms with Crippen LogP contribution in [0.5, 0.6) is 0 Å². The first-order valence-corrected chi connectivity index (χ1v) is 10.8. The number of hydrogen-bond acceptors (Lipinski definition) is 12. The number of carboxylic acid groups (broad SMARTS) is 2. The molecule has 0 aliphatic carbocycles. The smallest absolute Gasteiger partial charge is 0.337 e. The standard InChI is InChI=1S/C21H20N4O14/c26-12(5-10(20(34)35)7-18(32)38-24-14(28)1-2-15(24)29)22-9-23-13(27)6-11(21(36)37)8-19(33)39-25-16(30)3-4-17(25)31/h5-6H,1-4,7-9H2,(H,22,26)(H,23,27)(H,34,35)(H,36,37)/b10-5-,11-6-. The Morgan fingerprint density at radius 3 is 1.23 bits per heavy atom. The summed E-state index contributed by atoms with van der Waals surface area (Å²) in [5.74, 6) is -11.4. The molecular weight excluding hydrogens is 532 g/mol. The van der Waals surface area contributed by atoms with Gasteiger partial charge in [0.25, 0.3) is 23.6 Å². The van der Waals surface area contributed by atoms with Crippen LogP contribution in [0.1, 0.15) is 38.5 Å². The van der Waals surface area contributed by atoms with E-state index in [1.54, 1.807) is 0 Å². The highest BCUT2D eigenvalue weighted by atomic mass is 16.7. The maximum Gasteiger partial charge on any atom is 0.337 e. The fraction of sp³-hybridized carbons (Fsp3) is 0.333. The summed E-state index contributed by atoms with van der Waals surface area (Å²) in [4.78, 5) is 125. The second-order valence-corrected chi connectivity index (χ2v) is 7.65. The molecule has 0 bridgehead atoms. The summed E-state index contributed by atoms with van der Waals surface area (Å²) in [7, 11) is 0. The van der Waals surface area contributed by atoms with Gasteiger partial charge in [0.05, 0.1) is 30.7 Å². The number of amides is 6. The van der Waals surface area contributed by atoms with Crippen LogP contribution >= 0.6 is 0 Å². The van der Waals surface area contributed by atoms with E-state index in [0.29, 0.717) is 12.2 Å². The zero-order valence-corrected chi connectivity index (χ0v) is 19.8. The Labute approximate surface area is 217 Å². The van der Waals surface area contributed by atoms with Crippen LogP contribution in [-0.2, 0) is 57.6 Å². The number of hydroxylamine groups is 4. The van der Waals surface area contributed by atoms with Crippen LogP contribution in [0, 0.1) is 0 Å². The van der Waals surface area contributed by atoms with E-state index in [9.17, 15) is 58.2 Å². The van der Waals surface area contributed by atoms with Crippen molar-refractivity contribution in [3.63, 3.8) is 0 Å². The van der Waals surface area contributed by atoms with Crippen LogP contribution in [0.4, 0.5) is 0 Å². The van der Waals surface area contributed by atoms with Crippen molar-refractivity contribution in [2.75, 3.05) is 6.67 Å². The van der Waals surface area contributed by atoms with Gasteiger partial charge >= 0.3 is 23.9 Å². The highest BCUT2D eigenvalue weighted by molar-refractivity contribution is 6.04. The van der Waals surface area contributed by atoms with Crippen molar-refractivity contribution in [3.8, 4) is 0 Å². The molecule has 0 aromatic heterocycles. The monoisotopic (exact) mass is 552 g/mol. The summed E-state index contributed by atoms with van der Waals surface area (Å²) in [5.41, 5.74) is -1.58. The number of rotatable bonds is 12. The molecule has 0 aromatic rings. The lowest BCUT2D eigenvalue weighted by atomic mass is 10.1. The van der Waals surface area contributed by atoms with Crippen LogP contribution in [0.2, 0.25) is 0 Å². The third-order valence-electron chi connectivity index (χ3n) is 4.75. The first kappa shape index (κ1) is 29.8. The van der Waals surface area contributed by atoms with Crippen molar-refractivity contribution < 1.29 is 67.8 Å². The van der Waals surface area contributed by atoms with Gasteiger partial charge in [-0.1, -0.05) is 0 Å². The Bertz CT molecular complexity index is 1090. The van der Waals surface area contributed by atoms with E-state index in [0.717, 1.165) is 0 Å². The van der Waals surface area contributed by atoms with E-state index < -0.39 is 90.0 Å². The predicted octanol–water partition coefficient (Wildman–Crippen LogP) is -2.81. The van der Waals surface area contributed by atoms with Crippen LogP contribution in [0.15, 0.2) is 23.3 Å². The molecule has 4 N–H and O–H groups in total. The number of imide groups is 2. The second-order valence-electron chi connectivity index (χ2n) is 7.65. The number of aliphatic carboxylic acids is 2. The van der Waals surface area contributed by atoms with Gasteiger partial charge in [0.1, 0.15) is 0 Å². The topological polar surface area (TPSA) is 260 Å². The molecule has 2 aliphatic rings. The highest BCUT2D eigenvalue weighted by Crippen LogP contribution is 2.15. The van der Waals surface area contributed by atoms with Gasteiger partial charge in [-0.05, 0) is 0 Å². The molecule has 2 saturated heterocycles. The normalized spacial score (nSPS) is 15.8. The summed E-state index contributed by atoms with van der Waals surface area (Å²) in [6.07, 6.45) is -1.79. The van der Waals surface area contributed by atoms with E-state index in [2.05, 4.69) is 9.68 Å². The number of nitrogens with zero attached hydrogens (tertiary/aromatic N) is 2. The minimum absolute atomic E-state index is 0.185. The van der Waals surface area contributed by atoms with Crippen LogP contribution in [-0.4, -0.2) is 86.3 Å². The quantitative estimate of drug-likeness (QED) is 0.108. The van der Waals surface area contributed by atoms with Crippen molar-refractivity contribution in [2.45, 2.75) is 38.5 Å². The average molecular weight is 552 g/mol. The Balaban J connectivity index is 1.88. The second kappa shape index (κ2) is 13.2. The van der Waals surface area contributed by atoms with Gasteiger partial charge in [-0.15, -0.1) is 10.1 Å². The van der Waals surface area contributed by atoms with E-state index in [-0.39, 0.29) is 35.8 Å². The maximum atomic E-state index is 12.0. The number of nitrogens with one attached hydrogen (secondary N) is 2. The molecule has 0 saturated carbocycles. The lowest BCUT2D eigenvalue weighted by Gasteiger charge is -2.12. The first-order valence-electron chi connectivity index (χ1n) is 10.8. The third kappa shape index (κ3) is 8.88. The lowest BCUT2D eigenvalue weighted by Crippen LogP contribution is -2.36. The van der Waals surface area contributed by atoms with Gasteiger partial charge in [0, 0.05) is 37.8 Å². The van der Waals surface area contributed by atoms with Gasteiger partial charge < -0.3 is 30.5 Å². The van der Waals surface area contributed by atoms with Crippen molar-refractivity contribution >= 4 is 59.3 Å². The van der Waals surface area contributed by atoms with Crippen LogP contribution in [0.3, 0.4) is 0 Å². The van der Waals surface area contributed by atoms with Crippen molar-refractivity contribution in [1.82, 2.24) is 20.8 Å². The Hall–Kier alpha value is -5.42. The summed E-state index contributed by atoms with van der Waals surface area (Å²) in [5, 5.41) is 22.8. The Morgan fingerprint density at radius 2 is 0.949 bits per heavy atom. The number of carbonyl (C=O) groups excluding carboxylic acids is 8. The van der Waals surface area contributed by atoms with E-state index >= 15 is 0 Å². The maximum absolute atomic E-state index is 12.0. The van der Waals surface area contributed by atoms with Crippen molar-refractivity contribution in [2.24, 2.45) is 0 Å². The summed E-state index contributed by atoms with van der Waals surface area (Å²) in [6.45, 7) is -0.660. The fourth-order valence-electron chi connectivity index (χ4n) is 2.91. The summed E-state index contributed by atoms with van der Waals surface area (Å²) >= 11 is 0. The molecule has 208 valence electrons. The van der Waals surface area contributed by atoms with Gasteiger partial charge in [0.2, 0.25) is 11.8 Å². The van der Waals surface area contributed by atoms with Crippen molar-refractivity contribution in [3.05, 3.63) is 23.3 Å². The van der Waals surface area contributed by atoms with E-state index in [1.807, 2.05) is 10.6 Å². The Morgan fingerprint density at radius 1 is 0.641 bits per heavy atom. The SMILES string of the molecule is O=C(/C=C(/CC(=O)ON1C(=O)CCC1=O)C(=O)O)NCNC(=O)/C=C(/CC(=O)ON1C(=O)CCC1=O)C(=O)O. The molecule has 6 amide bonds. The van der Waals surface area contributed by atoms with Gasteiger partial charge in [-0.2, -0.15) is 0 Å².